The summed E-state index contributed by atoms with van der Waals surface area (Å²) in [6.07, 6.45) is 12.6. The number of rotatable bonds is 0. The highest BCUT2D eigenvalue weighted by Crippen LogP contribution is 2.74. The molecule has 0 bridgehead atoms. The second-order valence-corrected chi connectivity index (χ2v) is 15.4. The van der Waals surface area contributed by atoms with E-state index in [4.69, 9.17) is 0 Å². The summed E-state index contributed by atoms with van der Waals surface area (Å²) >= 11 is 0. The van der Waals surface area contributed by atoms with E-state index in [1.807, 2.05) is 0 Å². The van der Waals surface area contributed by atoms with Crippen molar-refractivity contribution in [3.63, 3.8) is 0 Å². The molecule has 2 nitrogen and oxygen atoms in total. The average molecular weight is 443 g/mol. The zero-order chi connectivity index (χ0) is 23.5. The molecule has 0 aromatic carbocycles. The summed E-state index contributed by atoms with van der Waals surface area (Å²) < 4.78 is 0. The number of hydrogen-bond donors (Lipinski definition) is 2. The summed E-state index contributed by atoms with van der Waals surface area (Å²) in [7, 11) is 0. The predicted molar refractivity (Wildman–Crippen MR) is 132 cm³/mol. The van der Waals surface area contributed by atoms with Crippen LogP contribution in [0.1, 0.15) is 113 Å². The van der Waals surface area contributed by atoms with Crippen LogP contribution in [0.3, 0.4) is 0 Å². The van der Waals surface area contributed by atoms with Crippen molar-refractivity contribution in [3.8, 4) is 0 Å². The van der Waals surface area contributed by atoms with Crippen LogP contribution in [0.2, 0.25) is 0 Å². The first-order valence-corrected chi connectivity index (χ1v) is 13.7. The molecule has 4 saturated carbocycles. The minimum atomic E-state index is -0.308. The van der Waals surface area contributed by atoms with Crippen molar-refractivity contribution in [2.45, 2.75) is 125 Å². The quantitative estimate of drug-likeness (QED) is 0.391. The van der Waals surface area contributed by atoms with Crippen LogP contribution in [0.25, 0.3) is 0 Å². The van der Waals surface area contributed by atoms with Gasteiger partial charge < -0.3 is 10.2 Å². The van der Waals surface area contributed by atoms with E-state index in [2.05, 4.69) is 61.5 Å². The molecule has 4 fully saturated rings. The molecule has 182 valence electrons. The Balaban J connectivity index is 1.59. The molecular weight excluding hydrogens is 392 g/mol. The fourth-order valence-corrected chi connectivity index (χ4v) is 10.8. The highest BCUT2D eigenvalue weighted by Gasteiger charge is 2.67. The smallest absolute Gasteiger partial charge is 0.0780 e. The summed E-state index contributed by atoms with van der Waals surface area (Å²) in [6, 6.07) is 0. The lowest BCUT2D eigenvalue weighted by Crippen LogP contribution is -2.64. The third-order valence-corrected chi connectivity index (χ3v) is 12.9. The van der Waals surface area contributed by atoms with Crippen molar-refractivity contribution >= 4 is 0 Å². The Bertz CT molecular complexity index is 825. The number of fused-ring (bicyclic) bond motifs is 7. The van der Waals surface area contributed by atoms with Crippen LogP contribution >= 0.6 is 0 Å². The van der Waals surface area contributed by atoms with Gasteiger partial charge in [0.1, 0.15) is 0 Å². The number of allylic oxidation sites excluding steroid dienone is 1. The van der Waals surface area contributed by atoms with Crippen molar-refractivity contribution in [2.24, 2.45) is 50.2 Å². The maximum absolute atomic E-state index is 11.6. The minimum Gasteiger partial charge on any atom is -0.393 e. The first-order valence-electron chi connectivity index (χ1n) is 13.7. The maximum Gasteiger partial charge on any atom is 0.0780 e. The minimum absolute atomic E-state index is 0.00149. The van der Waals surface area contributed by atoms with E-state index in [1.54, 1.807) is 5.57 Å². The zero-order valence-corrected chi connectivity index (χ0v) is 22.2. The largest absolute Gasteiger partial charge is 0.393 e. The summed E-state index contributed by atoms with van der Waals surface area (Å²) in [4.78, 5) is 0. The van der Waals surface area contributed by atoms with Crippen LogP contribution in [0, 0.1) is 50.2 Å². The topological polar surface area (TPSA) is 40.5 Å². The van der Waals surface area contributed by atoms with Gasteiger partial charge in [-0.2, -0.15) is 0 Å². The number of aliphatic hydroxyl groups is 2. The van der Waals surface area contributed by atoms with Crippen molar-refractivity contribution in [3.05, 3.63) is 11.6 Å². The number of hydrogen-bond acceptors (Lipinski definition) is 2. The Kier molecular flexibility index (Phi) is 4.87. The van der Waals surface area contributed by atoms with Crippen LogP contribution in [-0.2, 0) is 0 Å². The first-order chi connectivity index (χ1) is 14.6. The summed E-state index contributed by atoms with van der Waals surface area (Å²) in [5.74, 6) is 1.82. The second-order valence-electron chi connectivity index (χ2n) is 15.4. The molecule has 5 aliphatic carbocycles. The van der Waals surface area contributed by atoms with Gasteiger partial charge in [-0.05, 0) is 103 Å². The lowest BCUT2D eigenvalue weighted by atomic mass is 9.34. The molecule has 5 aliphatic rings. The van der Waals surface area contributed by atoms with E-state index in [1.165, 1.54) is 38.5 Å². The maximum atomic E-state index is 11.6. The zero-order valence-electron chi connectivity index (χ0n) is 22.2. The van der Waals surface area contributed by atoms with E-state index in [0.29, 0.717) is 23.2 Å². The Morgan fingerprint density at radius 1 is 0.656 bits per heavy atom. The van der Waals surface area contributed by atoms with E-state index >= 15 is 0 Å². The van der Waals surface area contributed by atoms with Gasteiger partial charge >= 0.3 is 0 Å². The van der Waals surface area contributed by atoms with Crippen LogP contribution in [0.4, 0.5) is 0 Å². The third kappa shape index (κ3) is 2.78. The third-order valence-electron chi connectivity index (χ3n) is 12.9. The van der Waals surface area contributed by atoms with E-state index in [-0.39, 0.29) is 39.3 Å². The molecule has 0 spiro atoms. The van der Waals surface area contributed by atoms with E-state index < -0.39 is 0 Å². The highest BCUT2D eigenvalue weighted by molar-refractivity contribution is 5.36. The van der Waals surface area contributed by atoms with Gasteiger partial charge in [0.2, 0.25) is 0 Å². The Morgan fingerprint density at radius 2 is 1.25 bits per heavy atom. The first kappa shape index (κ1) is 23.4. The average Bonchev–Trinajstić information content (AvgIpc) is 2.68. The molecule has 0 saturated heterocycles. The molecule has 0 aliphatic heterocycles. The van der Waals surface area contributed by atoms with Crippen LogP contribution < -0.4 is 0 Å². The van der Waals surface area contributed by atoms with Crippen molar-refractivity contribution in [2.75, 3.05) is 0 Å². The molecule has 5 rings (SSSR count). The fourth-order valence-electron chi connectivity index (χ4n) is 10.8. The molecule has 0 amide bonds. The summed E-state index contributed by atoms with van der Waals surface area (Å²) in [5.41, 5.74) is 2.70. The molecule has 9 atom stereocenters. The van der Waals surface area contributed by atoms with Gasteiger partial charge in [-0.15, -0.1) is 0 Å². The molecule has 9 unspecified atom stereocenters. The monoisotopic (exact) mass is 442 g/mol. The van der Waals surface area contributed by atoms with Gasteiger partial charge in [-0.25, -0.2) is 0 Å². The SMILES string of the molecule is CC1(C)CCC2(C)C(O)C=C3C(C)(CCC4C3(C)CCC3C(C)(C)C(O)CCC43C)C2C1. The number of aliphatic hydroxyl groups excluding tert-OH is 2. The van der Waals surface area contributed by atoms with Gasteiger partial charge in [0.15, 0.2) is 0 Å². The van der Waals surface area contributed by atoms with E-state index in [0.717, 1.165) is 19.3 Å². The van der Waals surface area contributed by atoms with Crippen molar-refractivity contribution in [1.29, 1.82) is 0 Å². The Hall–Kier alpha value is -0.340. The van der Waals surface area contributed by atoms with Crippen molar-refractivity contribution in [1.82, 2.24) is 0 Å². The molecule has 0 heterocycles. The summed E-state index contributed by atoms with van der Waals surface area (Å²) in [5, 5.41) is 22.5. The molecule has 32 heavy (non-hydrogen) atoms. The molecule has 0 radical (unpaired) electrons. The lowest BCUT2D eigenvalue weighted by molar-refractivity contribution is -0.189. The standard InChI is InChI=1S/C30H50O2/c1-25(2)15-16-30(8)22(18-25)29(7)13-10-20-27(5)14-11-23(31)26(3,4)19(27)9-12-28(20,6)21(29)17-24(30)32/h17,19-20,22-24,31-32H,9-16,18H2,1-8H3. The van der Waals surface area contributed by atoms with Gasteiger partial charge in [0, 0.05) is 5.41 Å². The molecule has 0 aromatic heterocycles. The Morgan fingerprint density at radius 3 is 1.91 bits per heavy atom. The van der Waals surface area contributed by atoms with Crippen molar-refractivity contribution < 1.29 is 10.2 Å². The highest BCUT2D eigenvalue weighted by atomic mass is 16.3. The molecule has 2 heteroatoms. The summed E-state index contributed by atoms with van der Waals surface area (Å²) in [6.45, 7) is 19.7. The molecule has 2 N–H and O–H groups in total. The van der Waals surface area contributed by atoms with E-state index in [9.17, 15) is 10.2 Å². The molecule has 0 aromatic rings. The second kappa shape index (κ2) is 6.66. The normalized spacial score (nSPS) is 56.2. The molecular formula is C30H50O2. The fraction of sp³-hybridized carbons (Fsp3) is 0.933. The van der Waals surface area contributed by atoms with Gasteiger partial charge in [-0.1, -0.05) is 67.0 Å². The van der Waals surface area contributed by atoms with Crippen LogP contribution in [0.5, 0.6) is 0 Å². The van der Waals surface area contributed by atoms with Crippen LogP contribution in [0.15, 0.2) is 11.6 Å². The van der Waals surface area contributed by atoms with Gasteiger partial charge in [0.25, 0.3) is 0 Å². The van der Waals surface area contributed by atoms with Crippen LogP contribution in [-0.4, -0.2) is 22.4 Å². The van der Waals surface area contributed by atoms with Gasteiger partial charge in [0.05, 0.1) is 12.2 Å². The lowest BCUT2D eigenvalue weighted by Gasteiger charge is -2.70. The van der Waals surface area contributed by atoms with Gasteiger partial charge in [-0.3, -0.25) is 0 Å². The predicted octanol–water partition coefficient (Wildman–Crippen LogP) is 7.14. The Labute approximate surface area is 197 Å².